The van der Waals surface area contributed by atoms with E-state index in [0.29, 0.717) is 25.7 Å². The minimum Gasteiger partial charge on any atom is -0.370 e. The van der Waals surface area contributed by atoms with Crippen LogP contribution in [0.5, 0.6) is 0 Å². The molecule has 0 saturated carbocycles. The fourth-order valence-corrected chi connectivity index (χ4v) is 2.46. The molecule has 3 N–H and O–H groups in total. The van der Waals surface area contributed by atoms with Gasteiger partial charge in [0.15, 0.2) is 0 Å². The highest BCUT2D eigenvalue weighted by Crippen LogP contribution is 2.10. The minimum atomic E-state index is -0.355. The average Bonchev–Trinajstić information content (AvgIpc) is 2.49. The Hall–Kier alpha value is -1.39. The molecule has 0 spiro atoms. The molecule has 0 heterocycles. The van der Waals surface area contributed by atoms with Crippen molar-refractivity contribution in [3.05, 3.63) is 0 Å². The first-order valence-corrected chi connectivity index (χ1v) is 9.17. The van der Waals surface area contributed by atoms with Gasteiger partial charge in [-0.3, -0.25) is 19.7 Å². The van der Waals surface area contributed by atoms with Crippen LogP contribution < -0.4 is 11.1 Å². The van der Waals surface area contributed by atoms with E-state index in [1.54, 1.807) is 0 Å². The molecule has 3 amide bonds. The van der Waals surface area contributed by atoms with Gasteiger partial charge in [-0.05, 0) is 19.3 Å². The van der Waals surface area contributed by atoms with Gasteiger partial charge < -0.3 is 5.73 Å². The van der Waals surface area contributed by atoms with Crippen LogP contribution in [0.25, 0.3) is 0 Å². The maximum absolute atomic E-state index is 11.6. The first kappa shape index (κ1) is 21.6. The lowest BCUT2D eigenvalue weighted by atomic mass is 10.1. The predicted molar refractivity (Wildman–Crippen MR) is 92.7 cm³/mol. The van der Waals surface area contributed by atoms with Crippen LogP contribution in [-0.2, 0) is 14.4 Å². The number of nitrogens with one attached hydrogen (secondary N) is 1. The highest BCUT2D eigenvalue weighted by molar-refractivity contribution is 5.95. The molecular weight excluding hydrogens is 292 g/mol. The number of carbonyl (C=O) groups is 3. The topological polar surface area (TPSA) is 89.3 Å². The molecule has 0 saturated heterocycles. The molecule has 0 aliphatic rings. The Bertz CT molecular complexity index is 343. The van der Waals surface area contributed by atoms with Crippen molar-refractivity contribution in [1.29, 1.82) is 0 Å². The summed E-state index contributed by atoms with van der Waals surface area (Å²) < 4.78 is 0. The number of unbranched alkanes of at least 4 members (excludes halogenated alkanes) is 9. The third-order valence-corrected chi connectivity index (χ3v) is 3.86. The zero-order chi connectivity index (χ0) is 17.3. The van der Waals surface area contributed by atoms with Gasteiger partial charge in [0.2, 0.25) is 17.7 Å². The zero-order valence-electron chi connectivity index (χ0n) is 14.7. The SMILES string of the molecule is CCCCCCCCCCCC(=O)NC(=O)CCCCC(N)=O. The summed E-state index contributed by atoms with van der Waals surface area (Å²) >= 11 is 0. The van der Waals surface area contributed by atoms with Crippen molar-refractivity contribution in [2.24, 2.45) is 5.73 Å². The molecule has 5 heteroatoms. The van der Waals surface area contributed by atoms with Crippen LogP contribution in [0.4, 0.5) is 0 Å². The summed E-state index contributed by atoms with van der Waals surface area (Å²) in [7, 11) is 0. The number of hydrogen-bond acceptors (Lipinski definition) is 3. The number of primary amides is 1. The molecule has 0 radical (unpaired) electrons. The van der Waals surface area contributed by atoms with Crippen LogP contribution in [0.15, 0.2) is 0 Å². The van der Waals surface area contributed by atoms with Crippen molar-refractivity contribution in [3.63, 3.8) is 0 Å². The molecule has 0 aromatic heterocycles. The first-order valence-electron chi connectivity index (χ1n) is 9.17. The molecule has 0 bridgehead atoms. The van der Waals surface area contributed by atoms with E-state index in [4.69, 9.17) is 5.73 Å². The van der Waals surface area contributed by atoms with Crippen molar-refractivity contribution < 1.29 is 14.4 Å². The fourth-order valence-electron chi connectivity index (χ4n) is 2.46. The summed E-state index contributed by atoms with van der Waals surface area (Å²) in [6.07, 6.45) is 13.0. The second-order valence-electron chi connectivity index (χ2n) is 6.22. The zero-order valence-corrected chi connectivity index (χ0v) is 14.7. The molecular formula is C18H34N2O3. The number of amides is 3. The second-order valence-corrected chi connectivity index (χ2v) is 6.22. The van der Waals surface area contributed by atoms with Gasteiger partial charge >= 0.3 is 0 Å². The molecule has 0 atom stereocenters. The highest BCUT2D eigenvalue weighted by Gasteiger charge is 2.07. The second kappa shape index (κ2) is 15.5. The Morgan fingerprint density at radius 3 is 1.52 bits per heavy atom. The predicted octanol–water partition coefficient (Wildman–Crippen LogP) is 3.60. The van der Waals surface area contributed by atoms with Gasteiger partial charge in [-0.25, -0.2) is 0 Å². The van der Waals surface area contributed by atoms with Gasteiger partial charge in [0.1, 0.15) is 0 Å². The number of rotatable bonds is 15. The fraction of sp³-hybridized carbons (Fsp3) is 0.833. The summed E-state index contributed by atoms with van der Waals surface area (Å²) in [6, 6.07) is 0. The molecule has 23 heavy (non-hydrogen) atoms. The van der Waals surface area contributed by atoms with Crippen molar-refractivity contribution in [2.75, 3.05) is 0 Å². The molecule has 5 nitrogen and oxygen atoms in total. The summed E-state index contributed by atoms with van der Waals surface area (Å²) in [5, 5.41) is 2.40. The number of hydrogen-bond donors (Lipinski definition) is 2. The van der Waals surface area contributed by atoms with Crippen LogP contribution in [0.1, 0.15) is 96.8 Å². The number of nitrogens with two attached hydrogens (primary N) is 1. The van der Waals surface area contributed by atoms with E-state index >= 15 is 0 Å². The van der Waals surface area contributed by atoms with Crippen molar-refractivity contribution in [3.8, 4) is 0 Å². The van der Waals surface area contributed by atoms with Crippen molar-refractivity contribution in [2.45, 2.75) is 96.8 Å². The van der Waals surface area contributed by atoms with E-state index in [1.165, 1.54) is 44.9 Å². The Morgan fingerprint density at radius 2 is 1.04 bits per heavy atom. The van der Waals surface area contributed by atoms with Gasteiger partial charge in [0, 0.05) is 19.3 Å². The molecule has 0 unspecified atom stereocenters. The lowest BCUT2D eigenvalue weighted by Crippen LogP contribution is -2.29. The summed E-state index contributed by atoms with van der Waals surface area (Å²) in [5.74, 6) is -0.796. The Morgan fingerprint density at radius 1 is 0.652 bits per heavy atom. The Balaban J connectivity index is 3.38. The van der Waals surface area contributed by atoms with E-state index in [-0.39, 0.29) is 24.1 Å². The Labute approximate surface area is 140 Å². The van der Waals surface area contributed by atoms with Crippen LogP contribution in [0.2, 0.25) is 0 Å². The van der Waals surface area contributed by atoms with Crippen LogP contribution in [0, 0.1) is 0 Å². The van der Waals surface area contributed by atoms with Crippen LogP contribution >= 0.6 is 0 Å². The van der Waals surface area contributed by atoms with Gasteiger partial charge in [-0.1, -0.05) is 58.3 Å². The normalized spacial score (nSPS) is 10.5. The van der Waals surface area contributed by atoms with E-state index in [1.807, 2.05) is 0 Å². The molecule has 0 aliphatic heterocycles. The monoisotopic (exact) mass is 326 g/mol. The molecule has 134 valence electrons. The van der Waals surface area contributed by atoms with E-state index < -0.39 is 0 Å². The largest absolute Gasteiger partial charge is 0.370 e. The molecule has 0 aliphatic carbocycles. The Kier molecular flexibility index (Phi) is 14.6. The maximum atomic E-state index is 11.6. The van der Waals surface area contributed by atoms with E-state index in [0.717, 1.165) is 12.8 Å². The summed E-state index contributed by atoms with van der Waals surface area (Å²) in [6.45, 7) is 2.22. The molecule has 0 aromatic carbocycles. The quantitative estimate of drug-likeness (QED) is 0.451. The summed E-state index contributed by atoms with van der Waals surface area (Å²) in [5.41, 5.74) is 5.02. The average molecular weight is 326 g/mol. The molecule has 0 aromatic rings. The van der Waals surface area contributed by atoms with Crippen LogP contribution in [-0.4, -0.2) is 17.7 Å². The first-order chi connectivity index (χ1) is 11.1. The molecule has 0 rings (SSSR count). The van der Waals surface area contributed by atoms with Gasteiger partial charge in [-0.15, -0.1) is 0 Å². The van der Waals surface area contributed by atoms with Crippen LogP contribution in [0.3, 0.4) is 0 Å². The molecule has 0 fully saturated rings. The third kappa shape index (κ3) is 16.8. The lowest BCUT2D eigenvalue weighted by Gasteiger charge is -2.04. The summed E-state index contributed by atoms with van der Waals surface area (Å²) in [4.78, 5) is 33.7. The van der Waals surface area contributed by atoms with Crippen molar-refractivity contribution >= 4 is 17.7 Å². The maximum Gasteiger partial charge on any atom is 0.226 e. The third-order valence-electron chi connectivity index (χ3n) is 3.86. The van der Waals surface area contributed by atoms with Crippen molar-refractivity contribution in [1.82, 2.24) is 5.32 Å². The van der Waals surface area contributed by atoms with Gasteiger partial charge in [-0.2, -0.15) is 0 Å². The van der Waals surface area contributed by atoms with E-state index in [2.05, 4.69) is 12.2 Å². The number of imide groups is 1. The number of carbonyl (C=O) groups excluding carboxylic acids is 3. The lowest BCUT2D eigenvalue weighted by molar-refractivity contribution is -0.130. The highest BCUT2D eigenvalue weighted by atomic mass is 16.2. The smallest absolute Gasteiger partial charge is 0.226 e. The van der Waals surface area contributed by atoms with E-state index in [9.17, 15) is 14.4 Å². The minimum absolute atomic E-state index is 0.187. The van der Waals surface area contributed by atoms with Gasteiger partial charge in [0.25, 0.3) is 0 Å². The standard InChI is InChI=1S/C18H34N2O3/c1-2-3-4-5-6-7-8-9-10-14-17(22)20-18(23)15-12-11-13-16(19)21/h2-15H2,1H3,(H2,19,21)(H,20,22,23). The van der Waals surface area contributed by atoms with Gasteiger partial charge in [0.05, 0.1) is 0 Å².